The van der Waals surface area contributed by atoms with E-state index in [9.17, 15) is 4.79 Å². The molecule has 0 aromatic heterocycles. The zero-order valence-electron chi connectivity index (χ0n) is 12.2. The molecule has 0 radical (unpaired) electrons. The van der Waals surface area contributed by atoms with Crippen LogP contribution in [0.25, 0.3) is 0 Å². The molecule has 5 heteroatoms. The van der Waals surface area contributed by atoms with E-state index in [4.69, 9.17) is 10.5 Å². The highest BCUT2D eigenvalue weighted by Gasteiger charge is 2.36. The van der Waals surface area contributed by atoms with Crippen LogP contribution in [0, 0.1) is 5.41 Å². The van der Waals surface area contributed by atoms with Crippen molar-refractivity contribution in [3.63, 3.8) is 0 Å². The van der Waals surface area contributed by atoms with Crippen LogP contribution in [0.1, 0.15) is 33.1 Å². The molecule has 3 unspecified atom stereocenters. The van der Waals surface area contributed by atoms with Crippen LogP contribution in [-0.2, 0) is 9.53 Å². The Morgan fingerprint density at radius 1 is 1.63 bits per heavy atom. The van der Waals surface area contributed by atoms with E-state index in [1.807, 2.05) is 6.92 Å². The maximum absolute atomic E-state index is 12.1. The van der Waals surface area contributed by atoms with Crippen LogP contribution < -0.4 is 11.1 Å². The van der Waals surface area contributed by atoms with Gasteiger partial charge in [-0.2, -0.15) is 0 Å². The standard InChI is InChI=1S/C14H27N3O2/c1-11(17-6-5-14(2,9-15)10-17)13(18)16-8-12-4-3-7-19-12/h11-12H,3-10,15H2,1-2H3,(H,16,18). The fraction of sp³-hybridized carbons (Fsp3) is 0.929. The van der Waals surface area contributed by atoms with Crippen molar-refractivity contribution in [2.75, 3.05) is 32.8 Å². The summed E-state index contributed by atoms with van der Waals surface area (Å²) in [5, 5.41) is 3.01. The molecule has 1 amide bonds. The van der Waals surface area contributed by atoms with E-state index in [2.05, 4.69) is 17.1 Å². The number of amides is 1. The van der Waals surface area contributed by atoms with E-state index in [-0.39, 0.29) is 23.5 Å². The number of ether oxygens (including phenoxy) is 1. The lowest BCUT2D eigenvalue weighted by atomic mass is 9.90. The SMILES string of the molecule is CC(C(=O)NCC1CCCO1)N1CCC(C)(CN)C1. The maximum Gasteiger partial charge on any atom is 0.237 e. The molecule has 0 aliphatic carbocycles. The number of rotatable bonds is 5. The second-order valence-electron chi connectivity index (χ2n) is 6.29. The normalized spacial score (nSPS) is 33.5. The Balaban J connectivity index is 1.76. The Labute approximate surface area is 115 Å². The minimum atomic E-state index is -0.0743. The van der Waals surface area contributed by atoms with Crippen LogP contribution in [0.5, 0.6) is 0 Å². The topological polar surface area (TPSA) is 67.6 Å². The number of likely N-dealkylation sites (tertiary alicyclic amines) is 1. The summed E-state index contributed by atoms with van der Waals surface area (Å²) >= 11 is 0. The van der Waals surface area contributed by atoms with Crippen LogP contribution in [0.2, 0.25) is 0 Å². The molecular formula is C14H27N3O2. The maximum atomic E-state index is 12.1. The summed E-state index contributed by atoms with van der Waals surface area (Å²) in [6, 6.07) is -0.0743. The van der Waals surface area contributed by atoms with Gasteiger partial charge in [0.1, 0.15) is 0 Å². The molecule has 0 aromatic rings. The van der Waals surface area contributed by atoms with Crippen molar-refractivity contribution in [2.24, 2.45) is 11.1 Å². The predicted molar refractivity (Wildman–Crippen MR) is 74.8 cm³/mol. The Morgan fingerprint density at radius 3 is 3.00 bits per heavy atom. The van der Waals surface area contributed by atoms with Gasteiger partial charge in [-0.25, -0.2) is 0 Å². The van der Waals surface area contributed by atoms with Crippen LogP contribution >= 0.6 is 0 Å². The second kappa shape index (κ2) is 6.20. The average Bonchev–Trinajstić information content (AvgIpc) is 3.05. The van der Waals surface area contributed by atoms with E-state index >= 15 is 0 Å². The minimum Gasteiger partial charge on any atom is -0.376 e. The van der Waals surface area contributed by atoms with E-state index in [1.165, 1.54) is 0 Å². The van der Waals surface area contributed by atoms with Crippen molar-refractivity contribution in [3.8, 4) is 0 Å². The highest BCUT2D eigenvalue weighted by atomic mass is 16.5. The summed E-state index contributed by atoms with van der Waals surface area (Å²) in [5.41, 5.74) is 5.97. The van der Waals surface area contributed by atoms with Gasteiger partial charge >= 0.3 is 0 Å². The van der Waals surface area contributed by atoms with Gasteiger partial charge in [-0.3, -0.25) is 9.69 Å². The van der Waals surface area contributed by atoms with E-state index in [1.54, 1.807) is 0 Å². The third-order valence-electron chi connectivity index (χ3n) is 4.54. The molecule has 2 heterocycles. The van der Waals surface area contributed by atoms with Crippen LogP contribution in [0.3, 0.4) is 0 Å². The summed E-state index contributed by atoms with van der Waals surface area (Å²) in [6.07, 6.45) is 3.46. The number of nitrogens with two attached hydrogens (primary N) is 1. The number of nitrogens with one attached hydrogen (secondary N) is 1. The number of nitrogens with zero attached hydrogens (tertiary/aromatic N) is 1. The summed E-state index contributed by atoms with van der Waals surface area (Å²) < 4.78 is 5.51. The molecule has 2 aliphatic heterocycles. The summed E-state index contributed by atoms with van der Waals surface area (Å²) in [6.45, 7) is 8.22. The van der Waals surface area contributed by atoms with Crippen LogP contribution in [0.4, 0.5) is 0 Å². The molecule has 2 saturated heterocycles. The average molecular weight is 269 g/mol. The second-order valence-corrected chi connectivity index (χ2v) is 6.29. The molecule has 0 aromatic carbocycles. The minimum absolute atomic E-state index is 0.0743. The number of carbonyl (C=O) groups excluding carboxylic acids is 1. The van der Waals surface area contributed by atoms with Gasteiger partial charge in [0.05, 0.1) is 12.1 Å². The lowest BCUT2D eigenvalue weighted by Crippen LogP contribution is -2.46. The van der Waals surface area contributed by atoms with Gasteiger partial charge in [-0.15, -0.1) is 0 Å². The van der Waals surface area contributed by atoms with Crippen LogP contribution in [0.15, 0.2) is 0 Å². The Kier molecular flexibility index (Phi) is 4.81. The van der Waals surface area contributed by atoms with Gasteiger partial charge < -0.3 is 15.8 Å². The molecule has 0 saturated carbocycles. The number of hydrogen-bond donors (Lipinski definition) is 2. The molecule has 110 valence electrons. The highest BCUT2D eigenvalue weighted by molar-refractivity contribution is 5.81. The third kappa shape index (κ3) is 3.68. The predicted octanol–water partition coefficient (Wildman–Crippen LogP) is 0.341. The van der Waals surface area contributed by atoms with Gasteiger partial charge in [0, 0.05) is 19.7 Å². The summed E-state index contributed by atoms with van der Waals surface area (Å²) in [4.78, 5) is 14.4. The molecule has 2 rings (SSSR count). The van der Waals surface area contributed by atoms with Gasteiger partial charge in [-0.1, -0.05) is 6.92 Å². The van der Waals surface area contributed by atoms with Crippen molar-refractivity contribution in [2.45, 2.75) is 45.3 Å². The number of hydrogen-bond acceptors (Lipinski definition) is 4. The Hall–Kier alpha value is -0.650. The third-order valence-corrected chi connectivity index (χ3v) is 4.54. The quantitative estimate of drug-likeness (QED) is 0.755. The first-order valence-corrected chi connectivity index (χ1v) is 7.37. The molecule has 3 atom stereocenters. The molecule has 5 nitrogen and oxygen atoms in total. The summed E-state index contributed by atoms with van der Waals surface area (Å²) in [5.74, 6) is 0.108. The van der Waals surface area contributed by atoms with Crippen molar-refractivity contribution in [1.29, 1.82) is 0 Å². The monoisotopic (exact) mass is 269 g/mol. The zero-order chi connectivity index (χ0) is 13.9. The fourth-order valence-electron chi connectivity index (χ4n) is 2.89. The van der Waals surface area contributed by atoms with Crippen molar-refractivity contribution in [3.05, 3.63) is 0 Å². The largest absolute Gasteiger partial charge is 0.376 e. The van der Waals surface area contributed by atoms with Crippen molar-refractivity contribution < 1.29 is 9.53 Å². The van der Waals surface area contributed by atoms with Gasteiger partial charge in [0.25, 0.3) is 0 Å². The van der Waals surface area contributed by atoms with Crippen molar-refractivity contribution in [1.82, 2.24) is 10.2 Å². The first kappa shape index (κ1) is 14.8. The van der Waals surface area contributed by atoms with E-state index in [0.29, 0.717) is 13.1 Å². The summed E-state index contributed by atoms with van der Waals surface area (Å²) in [7, 11) is 0. The van der Waals surface area contributed by atoms with Gasteiger partial charge in [0.2, 0.25) is 5.91 Å². The van der Waals surface area contributed by atoms with Gasteiger partial charge in [-0.05, 0) is 44.7 Å². The van der Waals surface area contributed by atoms with E-state index < -0.39 is 0 Å². The molecule has 0 spiro atoms. The molecule has 3 N–H and O–H groups in total. The van der Waals surface area contributed by atoms with Crippen LogP contribution in [-0.4, -0.2) is 55.7 Å². The smallest absolute Gasteiger partial charge is 0.237 e. The Morgan fingerprint density at radius 2 is 2.42 bits per heavy atom. The fourth-order valence-corrected chi connectivity index (χ4v) is 2.89. The Bertz CT molecular complexity index is 318. The molecule has 19 heavy (non-hydrogen) atoms. The highest BCUT2D eigenvalue weighted by Crippen LogP contribution is 2.29. The molecular weight excluding hydrogens is 242 g/mol. The van der Waals surface area contributed by atoms with Crippen molar-refractivity contribution >= 4 is 5.91 Å². The molecule has 0 bridgehead atoms. The van der Waals surface area contributed by atoms with E-state index in [0.717, 1.165) is 39.0 Å². The molecule has 2 fully saturated rings. The zero-order valence-corrected chi connectivity index (χ0v) is 12.2. The van der Waals surface area contributed by atoms with Gasteiger partial charge in [0.15, 0.2) is 0 Å². The number of carbonyl (C=O) groups is 1. The first-order valence-electron chi connectivity index (χ1n) is 7.37. The lowest BCUT2D eigenvalue weighted by Gasteiger charge is -2.27. The first-order chi connectivity index (χ1) is 9.04. The lowest BCUT2D eigenvalue weighted by molar-refractivity contribution is -0.126. The molecule has 2 aliphatic rings.